The van der Waals surface area contributed by atoms with Crippen molar-refractivity contribution in [3.63, 3.8) is 0 Å². The number of anilines is 1. The Morgan fingerprint density at radius 2 is 1.81 bits per heavy atom. The quantitative estimate of drug-likeness (QED) is 0.691. The van der Waals surface area contributed by atoms with Gasteiger partial charge in [-0.15, -0.1) is 0 Å². The normalized spacial score (nSPS) is 17.3. The van der Waals surface area contributed by atoms with E-state index < -0.39 is 22.0 Å². The summed E-state index contributed by atoms with van der Waals surface area (Å²) in [5.74, 6) is -1.03. The summed E-state index contributed by atoms with van der Waals surface area (Å²) >= 11 is 5.96. The van der Waals surface area contributed by atoms with Crippen LogP contribution in [0.1, 0.15) is 18.2 Å². The van der Waals surface area contributed by atoms with Crippen LogP contribution in [0.15, 0.2) is 65.7 Å². The predicted octanol–water partition coefficient (Wildman–Crippen LogP) is 3.99. The van der Waals surface area contributed by atoms with Gasteiger partial charge in [0.15, 0.2) is 0 Å². The summed E-state index contributed by atoms with van der Waals surface area (Å²) in [6, 6.07) is 14.4. The Morgan fingerprint density at radius 3 is 2.52 bits per heavy atom. The number of aromatic nitrogens is 1. The molecule has 1 aliphatic heterocycles. The minimum atomic E-state index is -3.87. The van der Waals surface area contributed by atoms with Gasteiger partial charge in [0.1, 0.15) is 4.90 Å². The summed E-state index contributed by atoms with van der Waals surface area (Å²) in [7, 11) is -3.87. The lowest BCUT2D eigenvalue weighted by molar-refractivity contribution is -0.137. The topological polar surface area (TPSA) is 88.4 Å². The lowest BCUT2D eigenvalue weighted by Gasteiger charge is -2.18. The Kier molecular flexibility index (Phi) is 4.20. The van der Waals surface area contributed by atoms with Crippen LogP contribution >= 0.6 is 11.6 Å². The molecule has 6 nitrogen and oxygen atoms in total. The monoisotopic (exact) mass is 402 g/mol. The van der Waals surface area contributed by atoms with Gasteiger partial charge in [0, 0.05) is 16.8 Å². The first kappa shape index (κ1) is 17.6. The molecular weight excluding hydrogens is 388 g/mol. The third kappa shape index (κ3) is 2.98. The van der Waals surface area contributed by atoms with Crippen LogP contribution in [0.3, 0.4) is 0 Å². The molecule has 2 aromatic carbocycles. The molecule has 4 rings (SSSR count). The summed E-state index contributed by atoms with van der Waals surface area (Å²) in [5, 5.41) is 13.0. The van der Waals surface area contributed by atoms with Gasteiger partial charge in [-0.05, 0) is 35.9 Å². The molecular formula is C19H15ClN2O4S. The Morgan fingerprint density at radius 1 is 1.11 bits per heavy atom. The van der Waals surface area contributed by atoms with Crippen molar-refractivity contribution < 1.29 is 18.3 Å². The number of carbonyl (C=O) groups is 1. The molecule has 0 spiro atoms. The number of hydrogen-bond donors (Lipinski definition) is 2. The maximum atomic E-state index is 13.2. The highest BCUT2D eigenvalue weighted by atomic mass is 35.5. The van der Waals surface area contributed by atoms with Crippen molar-refractivity contribution in [2.75, 3.05) is 5.32 Å². The van der Waals surface area contributed by atoms with Crippen LogP contribution in [0.25, 0.3) is 11.1 Å². The fraction of sp³-hybridized carbons (Fsp3) is 0.105. The summed E-state index contributed by atoms with van der Waals surface area (Å²) in [5.41, 5.74) is 2.17. The van der Waals surface area contributed by atoms with Crippen LogP contribution in [-0.4, -0.2) is 23.5 Å². The zero-order chi connectivity index (χ0) is 19.2. The molecule has 3 aromatic rings. The zero-order valence-electron chi connectivity index (χ0n) is 14.0. The summed E-state index contributed by atoms with van der Waals surface area (Å²) in [4.78, 5) is 11.6. The van der Waals surface area contributed by atoms with Gasteiger partial charge in [-0.1, -0.05) is 35.9 Å². The molecule has 1 unspecified atom stereocenters. The lowest BCUT2D eigenvalue weighted by atomic mass is 10.00. The SMILES string of the molecule is O=C(O)CC1Nc2ccccc2S(=O)(=O)n2ccc(-c3ccc(Cl)cc3)c21. The van der Waals surface area contributed by atoms with E-state index in [1.807, 2.05) is 0 Å². The van der Waals surface area contributed by atoms with Crippen LogP contribution in [-0.2, 0) is 14.8 Å². The van der Waals surface area contributed by atoms with Crippen molar-refractivity contribution in [2.24, 2.45) is 0 Å². The molecule has 0 aliphatic carbocycles. The first-order chi connectivity index (χ1) is 12.9. The number of carboxylic acids is 1. The molecule has 0 fully saturated rings. The van der Waals surface area contributed by atoms with Crippen molar-refractivity contribution in [1.82, 2.24) is 3.97 Å². The number of aliphatic carboxylic acids is 1. The van der Waals surface area contributed by atoms with E-state index in [0.717, 1.165) is 5.56 Å². The number of hydrogen-bond acceptors (Lipinski definition) is 4. The number of nitrogens with one attached hydrogen (secondary N) is 1. The van der Waals surface area contributed by atoms with Gasteiger partial charge in [0.05, 0.1) is 23.8 Å². The first-order valence-electron chi connectivity index (χ1n) is 8.18. The van der Waals surface area contributed by atoms with E-state index in [4.69, 9.17) is 11.6 Å². The highest BCUT2D eigenvalue weighted by molar-refractivity contribution is 7.90. The number of rotatable bonds is 3. The van der Waals surface area contributed by atoms with Crippen molar-refractivity contribution in [3.8, 4) is 11.1 Å². The Labute approximate surface area is 161 Å². The number of para-hydroxylation sites is 1. The molecule has 0 saturated carbocycles. The molecule has 1 aromatic heterocycles. The molecule has 2 heterocycles. The standard InChI is InChI=1S/C19H15ClN2O4S/c20-13-7-5-12(6-8-13)14-9-10-22-19(14)16(11-18(23)24)21-15-3-1-2-4-17(15)27(22,25)26/h1-10,16,21H,11H2,(H,23,24). The van der Waals surface area contributed by atoms with E-state index in [-0.39, 0.29) is 11.3 Å². The van der Waals surface area contributed by atoms with Crippen molar-refractivity contribution in [1.29, 1.82) is 0 Å². The molecule has 1 atom stereocenters. The largest absolute Gasteiger partial charge is 0.481 e. The van der Waals surface area contributed by atoms with Gasteiger partial charge < -0.3 is 10.4 Å². The van der Waals surface area contributed by atoms with E-state index in [1.165, 1.54) is 16.2 Å². The second kappa shape index (κ2) is 6.44. The van der Waals surface area contributed by atoms with Gasteiger partial charge in [-0.2, -0.15) is 0 Å². The Hall–Kier alpha value is -2.77. The minimum Gasteiger partial charge on any atom is -0.481 e. The van der Waals surface area contributed by atoms with Crippen LogP contribution in [0.2, 0.25) is 5.02 Å². The molecule has 0 bridgehead atoms. The molecule has 8 heteroatoms. The molecule has 0 radical (unpaired) electrons. The lowest BCUT2D eigenvalue weighted by Crippen LogP contribution is -2.19. The van der Waals surface area contributed by atoms with Gasteiger partial charge in [-0.25, -0.2) is 12.4 Å². The molecule has 1 aliphatic rings. The van der Waals surface area contributed by atoms with Gasteiger partial charge >= 0.3 is 5.97 Å². The summed E-state index contributed by atoms with van der Waals surface area (Å²) < 4.78 is 27.6. The zero-order valence-corrected chi connectivity index (χ0v) is 15.5. The Balaban J connectivity index is 1.98. The van der Waals surface area contributed by atoms with E-state index in [9.17, 15) is 18.3 Å². The molecule has 2 N–H and O–H groups in total. The highest BCUT2D eigenvalue weighted by Crippen LogP contribution is 2.40. The molecule has 138 valence electrons. The summed E-state index contributed by atoms with van der Waals surface area (Å²) in [6.07, 6.45) is 1.20. The maximum Gasteiger partial charge on any atom is 0.305 e. The minimum absolute atomic E-state index is 0.109. The third-order valence-corrected chi connectivity index (χ3v) is 6.51. The first-order valence-corrected chi connectivity index (χ1v) is 10.00. The molecule has 27 heavy (non-hydrogen) atoms. The number of nitrogens with zero attached hydrogens (tertiary/aromatic N) is 1. The number of benzene rings is 2. The number of carboxylic acid groups (broad SMARTS) is 1. The van der Waals surface area contributed by atoms with Crippen LogP contribution in [0, 0.1) is 0 Å². The fourth-order valence-electron chi connectivity index (χ4n) is 3.35. The second-order valence-corrected chi connectivity index (χ2v) is 8.43. The average Bonchev–Trinajstić information content (AvgIpc) is 3.04. The van der Waals surface area contributed by atoms with Crippen molar-refractivity contribution >= 4 is 33.3 Å². The number of fused-ring (bicyclic) bond motifs is 2. The van der Waals surface area contributed by atoms with Crippen molar-refractivity contribution in [3.05, 3.63) is 71.5 Å². The van der Waals surface area contributed by atoms with E-state index >= 15 is 0 Å². The maximum absolute atomic E-state index is 13.2. The average molecular weight is 403 g/mol. The summed E-state index contributed by atoms with van der Waals surface area (Å²) in [6.45, 7) is 0. The highest BCUT2D eigenvalue weighted by Gasteiger charge is 2.34. The van der Waals surface area contributed by atoms with Crippen LogP contribution in [0.4, 0.5) is 5.69 Å². The second-order valence-electron chi connectivity index (χ2n) is 6.21. The van der Waals surface area contributed by atoms with E-state index in [2.05, 4.69) is 5.32 Å². The van der Waals surface area contributed by atoms with E-state index in [0.29, 0.717) is 22.0 Å². The van der Waals surface area contributed by atoms with Gasteiger partial charge in [-0.3, -0.25) is 4.79 Å². The van der Waals surface area contributed by atoms with Gasteiger partial charge in [0.2, 0.25) is 0 Å². The van der Waals surface area contributed by atoms with Gasteiger partial charge in [0.25, 0.3) is 10.0 Å². The Bertz CT molecular complexity index is 1140. The number of halogens is 1. The van der Waals surface area contributed by atoms with Crippen molar-refractivity contribution in [2.45, 2.75) is 17.4 Å². The molecule has 0 saturated heterocycles. The van der Waals surface area contributed by atoms with Crippen LogP contribution in [0.5, 0.6) is 0 Å². The van der Waals surface area contributed by atoms with E-state index in [1.54, 1.807) is 48.5 Å². The predicted molar refractivity (Wildman–Crippen MR) is 103 cm³/mol. The third-order valence-electron chi connectivity index (χ3n) is 4.51. The smallest absolute Gasteiger partial charge is 0.305 e. The van der Waals surface area contributed by atoms with Crippen LogP contribution < -0.4 is 5.32 Å². The fourth-order valence-corrected chi connectivity index (χ4v) is 5.05. The molecule has 0 amide bonds.